The summed E-state index contributed by atoms with van der Waals surface area (Å²) in [5.41, 5.74) is 0.858. The number of hydrogen-bond donors (Lipinski definition) is 1. The summed E-state index contributed by atoms with van der Waals surface area (Å²) in [5.74, 6) is 0. The molecule has 0 aliphatic heterocycles. The third kappa shape index (κ3) is 1.31. The first-order chi connectivity index (χ1) is 5.79. The Labute approximate surface area is 78.4 Å². The van der Waals surface area contributed by atoms with Gasteiger partial charge in [0, 0.05) is 4.88 Å². The summed E-state index contributed by atoms with van der Waals surface area (Å²) in [6.45, 7) is 0.0681. The third-order valence-electron chi connectivity index (χ3n) is 1.55. The maximum Gasteiger partial charge on any atom is 0.129 e. The lowest BCUT2D eigenvalue weighted by atomic mass is 10.4. The van der Waals surface area contributed by atoms with E-state index in [0.717, 1.165) is 15.1 Å². The summed E-state index contributed by atoms with van der Waals surface area (Å²) < 4.78 is 1.06. The molecule has 0 radical (unpaired) electrons. The topological polar surface area (TPSA) is 33.1 Å². The number of fused-ring (bicyclic) bond motifs is 1. The summed E-state index contributed by atoms with van der Waals surface area (Å²) in [7, 11) is 0. The molecule has 0 fully saturated rings. The second-order valence-electron chi connectivity index (χ2n) is 2.39. The fourth-order valence-corrected chi connectivity index (χ4v) is 2.04. The van der Waals surface area contributed by atoms with Crippen LogP contribution in [0.25, 0.3) is 10.2 Å². The fraction of sp³-hybridized carbons (Fsp3) is 0.125. The van der Waals surface area contributed by atoms with Crippen LogP contribution in [0.15, 0.2) is 18.2 Å². The predicted octanol–water partition coefficient (Wildman–Crippen LogP) is 2.44. The standard InChI is InChI=1S/C8H6ClNOS/c9-8-2-1-7-6(10-8)3-5(4-11)12-7/h1-3,11H,4H2. The highest BCUT2D eigenvalue weighted by atomic mass is 35.5. The zero-order valence-corrected chi connectivity index (χ0v) is 7.69. The lowest BCUT2D eigenvalue weighted by molar-refractivity contribution is 0.285. The number of rotatable bonds is 1. The molecule has 0 aliphatic rings. The van der Waals surface area contributed by atoms with Gasteiger partial charge in [0.15, 0.2) is 0 Å². The fourth-order valence-electron chi connectivity index (χ4n) is 1.03. The van der Waals surface area contributed by atoms with Crippen LogP contribution in [0.4, 0.5) is 0 Å². The van der Waals surface area contributed by atoms with Crippen LogP contribution < -0.4 is 0 Å². The van der Waals surface area contributed by atoms with Gasteiger partial charge in [-0.2, -0.15) is 0 Å². The quantitative estimate of drug-likeness (QED) is 0.716. The number of aliphatic hydroxyl groups excluding tert-OH is 1. The Morgan fingerprint density at radius 3 is 3.08 bits per heavy atom. The van der Waals surface area contributed by atoms with Crippen LogP contribution in [-0.4, -0.2) is 10.1 Å². The van der Waals surface area contributed by atoms with Crippen molar-refractivity contribution in [1.82, 2.24) is 4.98 Å². The average Bonchev–Trinajstić information content (AvgIpc) is 2.46. The molecule has 4 heteroatoms. The molecular weight excluding hydrogens is 194 g/mol. The normalized spacial score (nSPS) is 10.8. The van der Waals surface area contributed by atoms with Crippen LogP contribution >= 0.6 is 22.9 Å². The van der Waals surface area contributed by atoms with E-state index in [9.17, 15) is 0 Å². The first-order valence-electron chi connectivity index (χ1n) is 3.45. The van der Waals surface area contributed by atoms with E-state index in [-0.39, 0.29) is 6.61 Å². The molecule has 2 rings (SSSR count). The SMILES string of the molecule is OCc1cc2nc(Cl)ccc2s1. The average molecular weight is 200 g/mol. The van der Waals surface area contributed by atoms with Gasteiger partial charge in [-0.25, -0.2) is 4.98 Å². The van der Waals surface area contributed by atoms with Gasteiger partial charge in [0.2, 0.25) is 0 Å². The van der Waals surface area contributed by atoms with E-state index >= 15 is 0 Å². The molecule has 2 nitrogen and oxygen atoms in total. The Balaban J connectivity index is 2.67. The van der Waals surface area contributed by atoms with Crippen LogP contribution in [0.5, 0.6) is 0 Å². The molecule has 1 N–H and O–H groups in total. The van der Waals surface area contributed by atoms with Crippen LogP contribution in [0.1, 0.15) is 4.88 Å². The smallest absolute Gasteiger partial charge is 0.129 e. The molecule has 0 amide bonds. The predicted molar refractivity (Wildman–Crippen MR) is 50.6 cm³/mol. The monoisotopic (exact) mass is 199 g/mol. The number of hydrogen-bond acceptors (Lipinski definition) is 3. The van der Waals surface area contributed by atoms with Crippen molar-refractivity contribution < 1.29 is 5.11 Å². The highest BCUT2D eigenvalue weighted by Gasteiger charge is 2.01. The Morgan fingerprint density at radius 1 is 1.50 bits per heavy atom. The van der Waals surface area contributed by atoms with E-state index in [1.165, 1.54) is 11.3 Å². The lowest BCUT2D eigenvalue weighted by Crippen LogP contribution is -1.73. The van der Waals surface area contributed by atoms with Gasteiger partial charge in [0.1, 0.15) is 5.15 Å². The first kappa shape index (κ1) is 7.98. The van der Waals surface area contributed by atoms with Crippen molar-refractivity contribution in [2.45, 2.75) is 6.61 Å². The van der Waals surface area contributed by atoms with E-state index < -0.39 is 0 Å². The third-order valence-corrected chi connectivity index (χ3v) is 2.83. The van der Waals surface area contributed by atoms with Crippen LogP contribution in [-0.2, 0) is 6.61 Å². The number of halogens is 1. The van der Waals surface area contributed by atoms with E-state index in [4.69, 9.17) is 16.7 Å². The van der Waals surface area contributed by atoms with Crippen molar-refractivity contribution in [2.75, 3.05) is 0 Å². The van der Waals surface area contributed by atoms with Gasteiger partial charge in [0.05, 0.1) is 16.8 Å². The molecule has 0 bridgehead atoms. The van der Waals surface area contributed by atoms with Crippen molar-refractivity contribution in [3.63, 3.8) is 0 Å². The molecule has 12 heavy (non-hydrogen) atoms. The number of nitrogens with zero attached hydrogens (tertiary/aromatic N) is 1. The largest absolute Gasteiger partial charge is 0.391 e. The van der Waals surface area contributed by atoms with Crippen LogP contribution in [0.2, 0.25) is 5.15 Å². The van der Waals surface area contributed by atoms with Gasteiger partial charge < -0.3 is 5.11 Å². The number of aromatic nitrogens is 1. The summed E-state index contributed by atoms with van der Waals surface area (Å²) in [5, 5.41) is 9.35. The van der Waals surface area contributed by atoms with Gasteiger partial charge in [0.25, 0.3) is 0 Å². The molecule has 0 aromatic carbocycles. The summed E-state index contributed by atoms with van der Waals surface area (Å²) in [6, 6.07) is 5.52. The molecule has 0 saturated carbocycles. The van der Waals surface area contributed by atoms with Crippen LogP contribution in [0, 0.1) is 0 Å². The Bertz CT molecular complexity index is 412. The zero-order valence-electron chi connectivity index (χ0n) is 6.12. The highest BCUT2D eigenvalue weighted by molar-refractivity contribution is 7.18. The lowest BCUT2D eigenvalue weighted by Gasteiger charge is -1.87. The number of aliphatic hydroxyl groups is 1. The maximum atomic E-state index is 8.86. The Morgan fingerprint density at radius 2 is 2.33 bits per heavy atom. The molecule has 0 atom stereocenters. The minimum Gasteiger partial charge on any atom is -0.391 e. The maximum absolute atomic E-state index is 8.86. The van der Waals surface area contributed by atoms with Gasteiger partial charge in [-0.1, -0.05) is 11.6 Å². The Kier molecular flexibility index (Phi) is 2.00. The van der Waals surface area contributed by atoms with Gasteiger partial charge in [-0.3, -0.25) is 0 Å². The highest BCUT2D eigenvalue weighted by Crippen LogP contribution is 2.25. The molecule has 62 valence electrons. The summed E-state index contributed by atoms with van der Waals surface area (Å²) in [6.07, 6.45) is 0. The summed E-state index contributed by atoms with van der Waals surface area (Å²) in [4.78, 5) is 5.03. The van der Waals surface area contributed by atoms with E-state index in [0.29, 0.717) is 5.15 Å². The molecule has 2 aromatic heterocycles. The number of pyridine rings is 1. The van der Waals surface area contributed by atoms with Gasteiger partial charge in [-0.05, 0) is 18.2 Å². The van der Waals surface area contributed by atoms with Gasteiger partial charge in [-0.15, -0.1) is 11.3 Å². The first-order valence-corrected chi connectivity index (χ1v) is 4.65. The molecule has 0 unspecified atom stereocenters. The Hall–Kier alpha value is -0.640. The van der Waals surface area contributed by atoms with Crippen molar-refractivity contribution in [2.24, 2.45) is 0 Å². The molecule has 0 saturated heterocycles. The molecule has 0 spiro atoms. The second kappa shape index (κ2) is 3.01. The van der Waals surface area contributed by atoms with E-state index in [1.807, 2.05) is 12.1 Å². The van der Waals surface area contributed by atoms with Crippen molar-refractivity contribution in [1.29, 1.82) is 0 Å². The minimum atomic E-state index is 0.0681. The second-order valence-corrected chi connectivity index (χ2v) is 3.94. The molecule has 0 aliphatic carbocycles. The zero-order chi connectivity index (χ0) is 8.55. The molecular formula is C8H6ClNOS. The molecule has 2 aromatic rings. The van der Waals surface area contributed by atoms with Crippen molar-refractivity contribution in [3.05, 3.63) is 28.2 Å². The van der Waals surface area contributed by atoms with E-state index in [2.05, 4.69) is 4.98 Å². The van der Waals surface area contributed by atoms with Crippen LogP contribution in [0.3, 0.4) is 0 Å². The molecule has 2 heterocycles. The van der Waals surface area contributed by atoms with Crippen molar-refractivity contribution in [3.8, 4) is 0 Å². The number of thiophene rings is 1. The summed E-state index contributed by atoms with van der Waals surface area (Å²) >= 11 is 7.24. The van der Waals surface area contributed by atoms with Crippen molar-refractivity contribution >= 4 is 33.2 Å². The minimum absolute atomic E-state index is 0.0681. The van der Waals surface area contributed by atoms with E-state index in [1.54, 1.807) is 6.07 Å². The van der Waals surface area contributed by atoms with Gasteiger partial charge >= 0.3 is 0 Å².